The summed E-state index contributed by atoms with van der Waals surface area (Å²) in [5.74, 6) is -1.67. The lowest BCUT2D eigenvalue weighted by Gasteiger charge is -2.18. The molecule has 2 atom stereocenters. The average Bonchev–Trinajstić information content (AvgIpc) is 2.42. The van der Waals surface area contributed by atoms with E-state index in [-0.39, 0.29) is 5.56 Å². The van der Waals surface area contributed by atoms with E-state index in [1.165, 1.54) is 26.2 Å². The van der Waals surface area contributed by atoms with E-state index in [1.54, 1.807) is 6.07 Å². The van der Waals surface area contributed by atoms with Gasteiger partial charge in [-0.3, -0.25) is 4.79 Å². The molecule has 1 rings (SSSR count). The first-order chi connectivity index (χ1) is 10.1. The maximum atomic E-state index is 11.9. The molecule has 0 saturated heterocycles. The van der Waals surface area contributed by atoms with Crippen molar-refractivity contribution in [1.29, 1.82) is 0 Å². The summed E-state index contributed by atoms with van der Waals surface area (Å²) in [6.45, 7) is 1.20. The van der Waals surface area contributed by atoms with Crippen LogP contribution in [0, 0.1) is 0 Å². The molecule has 2 N–H and O–H groups in total. The Kier molecular flexibility index (Phi) is 5.95. The highest BCUT2D eigenvalue weighted by molar-refractivity contribution is 9.10. The van der Waals surface area contributed by atoms with Gasteiger partial charge in [-0.25, -0.2) is 13.2 Å². The van der Waals surface area contributed by atoms with E-state index >= 15 is 0 Å². The zero-order valence-electron chi connectivity index (χ0n) is 12.2. The van der Waals surface area contributed by atoms with E-state index in [0.717, 1.165) is 6.26 Å². The van der Waals surface area contributed by atoms with Crippen LogP contribution in [0.4, 0.5) is 0 Å². The van der Waals surface area contributed by atoms with Gasteiger partial charge in [-0.05, 0) is 40.5 Å². The van der Waals surface area contributed by atoms with E-state index in [4.69, 9.17) is 4.74 Å². The fourth-order valence-corrected chi connectivity index (χ4v) is 2.62. The Morgan fingerprint density at radius 3 is 2.36 bits per heavy atom. The number of carbonyl (C=O) groups excluding carboxylic acids is 1. The lowest BCUT2D eigenvalue weighted by molar-refractivity contribution is -0.141. The molecule has 1 aromatic rings. The Hall–Kier alpha value is -1.61. The number of benzene rings is 1. The van der Waals surface area contributed by atoms with E-state index in [2.05, 4.69) is 21.2 Å². The van der Waals surface area contributed by atoms with Gasteiger partial charge in [-0.15, -0.1) is 0 Å². The molecule has 0 aliphatic heterocycles. The van der Waals surface area contributed by atoms with Crippen LogP contribution in [0.2, 0.25) is 0 Å². The van der Waals surface area contributed by atoms with Gasteiger partial charge < -0.3 is 15.2 Å². The number of aliphatic carboxylic acids is 1. The number of hydrogen-bond acceptors (Lipinski definition) is 5. The molecule has 0 aromatic heterocycles. The van der Waals surface area contributed by atoms with Crippen molar-refractivity contribution in [2.24, 2.45) is 0 Å². The fraction of sp³-hybridized carbons (Fsp3) is 0.385. The highest BCUT2D eigenvalue weighted by Crippen LogP contribution is 2.28. The van der Waals surface area contributed by atoms with Crippen LogP contribution in [0.1, 0.15) is 18.5 Å². The van der Waals surface area contributed by atoms with Gasteiger partial charge in [0.05, 0.1) is 11.6 Å². The Morgan fingerprint density at radius 2 is 1.95 bits per heavy atom. The van der Waals surface area contributed by atoms with Crippen LogP contribution in [0.5, 0.6) is 5.75 Å². The predicted octanol–water partition coefficient (Wildman–Crippen LogP) is 1.13. The number of halogens is 1. The molecule has 7 nitrogen and oxygen atoms in total. The summed E-state index contributed by atoms with van der Waals surface area (Å²) in [7, 11) is -2.15. The average molecular weight is 394 g/mol. The molecule has 122 valence electrons. The minimum atomic E-state index is -3.61. The van der Waals surface area contributed by atoms with Crippen molar-refractivity contribution in [2.75, 3.05) is 13.4 Å². The van der Waals surface area contributed by atoms with Gasteiger partial charge in [0.1, 0.15) is 11.0 Å². The minimum Gasteiger partial charge on any atom is -0.496 e. The van der Waals surface area contributed by atoms with Crippen molar-refractivity contribution in [3.63, 3.8) is 0 Å². The number of carboxylic acids is 1. The molecule has 0 aliphatic rings. The third-order valence-electron chi connectivity index (χ3n) is 3.05. The fourth-order valence-electron chi connectivity index (χ4n) is 1.60. The zero-order chi connectivity index (χ0) is 17.1. The largest absolute Gasteiger partial charge is 0.496 e. The van der Waals surface area contributed by atoms with Crippen LogP contribution in [-0.4, -0.2) is 44.0 Å². The molecule has 1 aromatic carbocycles. The monoisotopic (exact) mass is 393 g/mol. The first kappa shape index (κ1) is 18.4. The quantitative estimate of drug-likeness (QED) is 0.749. The lowest BCUT2D eigenvalue weighted by atomic mass is 10.1. The number of hydrogen-bond donors (Lipinski definition) is 2. The molecule has 0 saturated carbocycles. The summed E-state index contributed by atoms with van der Waals surface area (Å²) >= 11 is 3.23. The molecule has 0 radical (unpaired) electrons. The van der Waals surface area contributed by atoms with Crippen molar-refractivity contribution in [2.45, 2.75) is 18.2 Å². The second kappa shape index (κ2) is 7.10. The Bertz CT molecular complexity index is 688. The summed E-state index contributed by atoms with van der Waals surface area (Å²) in [4.78, 5) is 23.3. The zero-order valence-corrected chi connectivity index (χ0v) is 14.6. The van der Waals surface area contributed by atoms with Crippen molar-refractivity contribution in [1.82, 2.24) is 5.32 Å². The van der Waals surface area contributed by atoms with E-state index in [1.807, 2.05) is 0 Å². The smallest absolute Gasteiger partial charge is 0.330 e. The van der Waals surface area contributed by atoms with Gasteiger partial charge in [0.25, 0.3) is 0 Å². The molecule has 0 bridgehead atoms. The topological polar surface area (TPSA) is 110 Å². The number of carboxylic acid groups (broad SMARTS) is 1. The normalized spacial score (nSPS) is 14.0. The number of sulfone groups is 1. The molecule has 0 spiro atoms. The molecule has 1 amide bonds. The van der Waals surface area contributed by atoms with Crippen molar-refractivity contribution in [3.05, 3.63) is 28.2 Å². The minimum absolute atomic E-state index is 0.286. The van der Waals surface area contributed by atoms with Crippen LogP contribution in [0.3, 0.4) is 0 Å². The lowest BCUT2D eigenvalue weighted by Crippen LogP contribution is -2.42. The number of methoxy groups -OCH3 is 1. The number of amides is 1. The highest BCUT2D eigenvalue weighted by atomic mass is 79.9. The molecule has 2 unspecified atom stereocenters. The molecule has 0 fully saturated rings. The van der Waals surface area contributed by atoms with Gasteiger partial charge >= 0.3 is 5.97 Å². The van der Waals surface area contributed by atoms with Crippen LogP contribution >= 0.6 is 15.9 Å². The van der Waals surface area contributed by atoms with Gasteiger partial charge in [0.15, 0.2) is 15.9 Å². The van der Waals surface area contributed by atoms with Crippen LogP contribution < -0.4 is 10.1 Å². The van der Waals surface area contributed by atoms with Gasteiger partial charge in [0, 0.05) is 6.26 Å². The van der Waals surface area contributed by atoms with Crippen LogP contribution in [0.15, 0.2) is 22.7 Å². The number of rotatable bonds is 6. The van der Waals surface area contributed by atoms with Crippen molar-refractivity contribution < 1.29 is 27.9 Å². The maximum absolute atomic E-state index is 11.9. The summed E-state index contributed by atoms with van der Waals surface area (Å²) in [5.41, 5.74) is 0.286. The first-order valence-corrected chi connectivity index (χ1v) is 8.88. The van der Waals surface area contributed by atoms with Crippen molar-refractivity contribution >= 4 is 37.6 Å². The Balaban J connectivity index is 3.08. The summed E-state index contributed by atoms with van der Waals surface area (Å²) < 4.78 is 28.3. The second-order valence-electron chi connectivity index (χ2n) is 4.65. The molecule has 9 heteroatoms. The second-order valence-corrected chi connectivity index (χ2v) is 7.87. The standard InChI is InChI=1S/C13H16BrNO6S/c1-7(22(3,19)20)12(16)15-11(13(17)18)8-4-5-10(21-2)9(14)6-8/h4-7,11H,1-3H3,(H,15,16)(H,17,18). The van der Waals surface area contributed by atoms with E-state index < -0.39 is 33.0 Å². The van der Waals surface area contributed by atoms with Gasteiger partial charge in [-0.1, -0.05) is 6.07 Å². The summed E-state index contributed by atoms with van der Waals surface area (Å²) in [6, 6.07) is 3.15. The molecule has 0 heterocycles. The Labute approximate surface area is 136 Å². The molecular formula is C13H16BrNO6S. The molecule has 22 heavy (non-hydrogen) atoms. The number of carbonyl (C=O) groups is 2. The summed E-state index contributed by atoms with van der Waals surface area (Å²) in [6.07, 6.45) is 0.914. The SMILES string of the molecule is COc1ccc(C(NC(=O)C(C)S(C)(=O)=O)C(=O)O)cc1Br. The third kappa shape index (κ3) is 4.44. The predicted molar refractivity (Wildman–Crippen MR) is 83.5 cm³/mol. The Morgan fingerprint density at radius 1 is 1.36 bits per heavy atom. The van der Waals surface area contributed by atoms with E-state index in [0.29, 0.717) is 10.2 Å². The van der Waals surface area contributed by atoms with Gasteiger partial charge in [-0.2, -0.15) is 0 Å². The first-order valence-electron chi connectivity index (χ1n) is 6.13. The highest BCUT2D eigenvalue weighted by Gasteiger charge is 2.29. The molecular weight excluding hydrogens is 378 g/mol. The van der Waals surface area contributed by atoms with Crippen molar-refractivity contribution in [3.8, 4) is 5.75 Å². The summed E-state index contributed by atoms with van der Waals surface area (Å²) in [5, 5.41) is 10.2. The van der Waals surface area contributed by atoms with Gasteiger partial charge in [0.2, 0.25) is 5.91 Å². The number of ether oxygens (including phenoxy) is 1. The maximum Gasteiger partial charge on any atom is 0.330 e. The van der Waals surface area contributed by atoms with E-state index in [9.17, 15) is 23.1 Å². The van der Waals surface area contributed by atoms with Crippen LogP contribution in [-0.2, 0) is 19.4 Å². The third-order valence-corrected chi connectivity index (χ3v) is 5.17. The molecule has 0 aliphatic carbocycles. The number of nitrogens with one attached hydrogen (secondary N) is 1. The van der Waals surface area contributed by atoms with Crippen LogP contribution in [0.25, 0.3) is 0 Å².